The fraction of sp³-hybridized carbons (Fsp3) is 0.923. The van der Waals surface area contributed by atoms with E-state index < -0.39 is 6.10 Å². The number of ether oxygens (including phenoxy) is 3. The highest BCUT2D eigenvalue weighted by Crippen LogP contribution is 2.18. The summed E-state index contributed by atoms with van der Waals surface area (Å²) in [6, 6.07) is 0. The predicted octanol–water partition coefficient (Wildman–Crippen LogP) is 21.7. The summed E-state index contributed by atoms with van der Waals surface area (Å²) in [7, 11) is 0. The number of rotatable bonds is 60. The van der Waals surface area contributed by atoms with Gasteiger partial charge < -0.3 is 14.2 Å². The molecule has 0 aromatic heterocycles. The van der Waals surface area contributed by atoms with Crippen molar-refractivity contribution in [3.8, 4) is 0 Å². The van der Waals surface area contributed by atoms with Gasteiger partial charge in [0, 0.05) is 19.3 Å². The molecular weight excluding hydrogens is 877 g/mol. The number of esters is 3. The van der Waals surface area contributed by atoms with Crippen LogP contribution in [0.25, 0.3) is 0 Å². The summed E-state index contributed by atoms with van der Waals surface area (Å²) in [5.41, 5.74) is 0. The van der Waals surface area contributed by atoms with E-state index >= 15 is 0 Å². The van der Waals surface area contributed by atoms with E-state index in [-0.39, 0.29) is 31.1 Å². The zero-order valence-corrected chi connectivity index (χ0v) is 48.3. The molecule has 0 aliphatic rings. The van der Waals surface area contributed by atoms with Gasteiger partial charge in [0.15, 0.2) is 6.10 Å². The van der Waals surface area contributed by atoms with Gasteiger partial charge in [0.1, 0.15) is 13.2 Å². The summed E-state index contributed by atoms with van der Waals surface area (Å²) in [6.07, 6.45) is 71.0. The van der Waals surface area contributed by atoms with Gasteiger partial charge in [-0.05, 0) is 44.9 Å². The van der Waals surface area contributed by atoms with Crippen LogP contribution in [0, 0.1) is 0 Å². The van der Waals surface area contributed by atoms with E-state index in [0.29, 0.717) is 19.3 Å². The second kappa shape index (κ2) is 60.7. The molecule has 0 spiro atoms. The molecule has 0 rings (SSSR count). The first-order valence-corrected chi connectivity index (χ1v) is 32.2. The Hall–Kier alpha value is -1.85. The Morgan fingerprint density at radius 2 is 0.465 bits per heavy atom. The van der Waals surface area contributed by atoms with E-state index in [1.165, 1.54) is 263 Å². The average Bonchev–Trinajstić information content (AvgIpc) is 3.37. The molecule has 6 heteroatoms. The maximum atomic E-state index is 12.9. The maximum absolute atomic E-state index is 12.9. The topological polar surface area (TPSA) is 78.9 Å². The number of allylic oxidation sites excluding steroid dienone is 2. The van der Waals surface area contributed by atoms with Crippen molar-refractivity contribution in [1.82, 2.24) is 0 Å². The van der Waals surface area contributed by atoms with Crippen molar-refractivity contribution < 1.29 is 28.6 Å². The molecule has 0 radical (unpaired) electrons. The van der Waals surface area contributed by atoms with E-state index in [9.17, 15) is 14.4 Å². The van der Waals surface area contributed by atoms with Gasteiger partial charge in [-0.25, -0.2) is 0 Å². The molecule has 0 aromatic rings. The van der Waals surface area contributed by atoms with Crippen LogP contribution < -0.4 is 0 Å². The molecule has 0 heterocycles. The monoisotopic (exact) mass is 1000 g/mol. The van der Waals surface area contributed by atoms with Crippen LogP contribution in [0.4, 0.5) is 0 Å². The number of carbonyl (C=O) groups excluding carboxylic acids is 3. The summed E-state index contributed by atoms with van der Waals surface area (Å²) >= 11 is 0. The molecule has 6 nitrogen and oxygen atoms in total. The fourth-order valence-corrected chi connectivity index (χ4v) is 9.91. The van der Waals surface area contributed by atoms with Crippen LogP contribution in [0.15, 0.2) is 12.2 Å². The molecule has 0 aromatic carbocycles. The van der Waals surface area contributed by atoms with E-state index in [2.05, 4.69) is 32.9 Å². The van der Waals surface area contributed by atoms with E-state index in [1.54, 1.807) is 0 Å². The Bertz CT molecular complexity index is 1100. The summed E-state index contributed by atoms with van der Waals surface area (Å²) in [5, 5.41) is 0. The molecule has 0 bridgehead atoms. The van der Waals surface area contributed by atoms with Crippen molar-refractivity contribution in [1.29, 1.82) is 0 Å². The Labute approximate surface area is 443 Å². The lowest BCUT2D eigenvalue weighted by molar-refractivity contribution is -0.167. The highest BCUT2D eigenvalue weighted by atomic mass is 16.6. The molecule has 1 unspecified atom stereocenters. The SMILES string of the molecule is CCCCCCCCC/C=C\CCCCCCCC(=O)OC(COC(=O)CCCCCCCCCCCC)COC(=O)CCCCCCCCCCCCCCCCCCCCCCCCCCCCC. The van der Waals surface area contributed by atoms with Crippen LogP contribution in [-0.4, -0.2) is 37.2 Å². The molecule has 0 saturated heterocycles. The summed E-state index contributed by atoms with van der Waals surface area (Å²) < 4.78 is 16.9. The maximum Gasteiger partial charge on any atom is 0.306 e. The third-order valence-electron chi connectivity index (χ3n) is 14.8. The second-order valence-corrected chi connectivity index (χ2v) is 22.0. The Morgan fingerprint density at radius 1 is 0.268 bits per heavy atom. The second-order valence-electron chi connectivity index (χ2n) is 22.0. The minimum absolute atomic E-state index is 0.0674. The molecule has 0 aliphatic heterocycles. The lowest BCUT2D eigenvalue weighted by Gasteiger charge is -2.18. The minimum Gasteiger partial charge on any atom is -0.462 e. The largest absolute Gasteiger partial charge is 0.462 e. The van der Waals surface area contributed by atoms with Gasteiger partial charge in [-0.3, -0.25) is 14.4 Å². The van der Waals surface area contributed by atoms with Crippen molar-refractivity contribution in [2.45, 2.75) is 374 Å². The van der Waals surface area contributed by atoms with Gasteiger partial charge in [0.05, 0.1) is 0 Å². The van der Waals surface area contributed by atoms with Gasteiger partial charge in [-0.15, -0.1) is 0 Å². The number of hydrogen-bond donors (Lipinski definition) is 0. The standard InChI is InChI=1S/C65H124O6/c1-4-7-10-13-16-19-22-24-26-28-29-30-31-32-33-34-35-36-37-38-40-41-43-46-49-52-55-58-64(67)70-61-62(60-69-63(66)57-54-51-48-45-21-18-15-12-9-6-3)71-65(68)59-56-53-50-47-44-42-39-27-25-23-20-17-14-11-8-5-2/h27,39,62H,4-26,28-38,40-61H2,1-3H3/b39-27-. The first-order chi connectivity index (χ1) is 35.0. The highest BCUT2D eigenvalue weighted by molar-refractivity contribution is 5.71. The van der Waals surface area contributed by atoms with Crippen LogP contribution in [0.5, 0.6) is 0 Å². The number of unbranched alkanes of at least 4 members (excludes halogenated alkanes) is 47. The van der Waals surface area contributed by atoms with Crippen LogP contribution in [-0.2, 0) is 28.6 Å². The van der Waals surface area contributed by atoms with Crippen LogP contribution in [0.2, 0.25) is 0 Å². The minimum atomic E-state index is -0.769. The van der Waals surface area contributed by atoms with Crippen molar-refractivity contribution in [2.75, 3.05) is 13.2 Å². The Kier molecular flexibility index (Phi) is 59.1. The summed E-state index contributed by atoms with van der Waals surface area (Å²) in [4.78, 5) is 38.2. The summed E-state index contributed by atoms with van der Waals surface area (Å²) in [6.45, 7) is 6.68. The fourth-order valence-electron chi connectivity index (χ4n) is 9.91. The molecule has 0 fully saturated rings. The molecule has 1 atom stereocenters. The number of carbonyl (C=O) groups is 3. The highest BCUT2D eigenvalue weighted by Gasteiger charge is 2.19. The molecule has 0 saturated carbocycles. The van der Waals surface area contributed by atoms with Crippen molar-refractivity contribution >= 4 is 17.9 Å². The van der Waals surface area contributed by atoms with Gasteiger partial charge in [-0.1, -0.05) is 315 Å². The molecule has 0 N–H and O–H groups in total. The molecule has 0 amide bonds. The van der Waals surface area contributed by atoms with Gasteiger partial charge in [0.25, 0.3) is 0 Å². The number of hydrogen-bond acceptors (Lipinski definition) is 6. The van der Waals surface area contributed by atoms with Gasteiger partial charge >= 0.3 is 17.9 Å². The third kappa shape index (κ3) is 58.9. The average molecular weight is 1000 g/mol. The zero-order valence-electron chi connectivity index (χ0n) is 48.3. The normalized spacial score (nSPS) is 12.0. The molecule has 71 heavy (non-hydrogen) atoms. The smallest absolute Gasteiger partial charge is 0.306 e. The molecule has 420 valence electrons. The van der Waals surface area contributed by atoms with E-state index in [4.69, 9.17) is 14.2 Å². The van der Waals surface area contributed by atoms with Crippen molar-refractivity contribution in [3.63, 3.8) is 0 Å². The van der Waals surface area contributed by atoms with Crippen LogP contribution in [0.1, 0.15) is 367 Å². The first kappa shape index (κ1) is 69.2. The van der Waals surface area contributed by atoms with E-state index in [0.717, 1.165) is 64.2 Å². The third-order valence-corrected chi connectivity index (χ3v) is 14.8. The lowest BCUT2D eigenvalue weighted by atomic mass is 10.0. The quantitative estimate of drug-likeness (QED) is 0.0261. The zero-order chi connectivity index (χ0) is 51.4. The van der Waals surface area contributed by atoms with Crippen LogP contribution in [0.3, 0.4) is 0 Å². The molecular formula is C65H124O6. The van der Waals surface area contributed by atoms with Crippen LogP contribution >= 0.6 is 0 Å². The lowest BCUT2D eigenvalue weighted by Crippen LogP contribution is -2.30. The van der Waals surface area contributed by atoms with Gasteiger partial charge in [-0.2, -0.15) is 0 Å². The predicted molar refractivity (Wildman–Crippen MR) is 307 cm³/mol. The van der Waals surface area contributed by atoms with Gasteiger partial charge in [0.2, 0.25) is 0 Å². The van der Waals surface area contributed by atoms with E-state index in [1.807, 2.05) is 0 Å². The Morgan fingerprint density at radius 3 is 0.704 bits per heavy atom. The Balaban J connectivity index is 4.11. The van der Waals surface area contributed by atoms with Crippen molar-refractivity contribution in [2.24, 2.45) is 0 Å². The van der Waals surface area contributed by atoms with Crippen molar-refractivity contribution in [3.05, 3.63) is 12.2 Å². The summed E-state index contributed by atoms with van der Waals surface area (Å²) in [5.74, 6) is -0.851. The molecule has 0 aliphatic carbocycles. The first-order valence-electron chi connectivity index (χ1n) is 32.2.